The van der Waals surface area contributed by atoms with Crippen molar-refractivity contribution in [1.82, 2.24) is 5.32 Å². The van der Waals surface area contributed by atoms with E-state index in [-0.39, 0.29) is 5.54 Å². The lowest BCUT2D eigenvalue weighted by Gasteiger charge is -2.25. The second kappa shape index (κ2) is 3.10. The fraction of sp³-hybridized carbons (Fsp3) is 0.636. The normalized spacial score (nSPS) is 21.9. The number of fused-ring (bicyclic) bond motifs is 1. The molecule has 0 spiro atoms. The Balaban J connectivity index is 2.13. The van der Waals surface area contributed by atoms with Gasteiger partial charge in [-0.3, -0.25) is 0 Å². The maximum atomic E-state index is 3.67. The van der Waals surface area contributed by atoms with Crippen LogP contribution in [-0.2, 0) is 6.42 Å². The molecule has 1 N–H and O–H groups in total. The summed E-state index contributed by atoms with van der Waals surface area (Å²) in [6.45, 7) is 6.70. The Kier molecular flexibility index (Phi) is 2.20. The van der Waals surface area contributed by atoms with Gasteiger partial charge in [-0.15, -0.1) is 11.3 Å². The summed E-state index contributed by atoms with van der Waals surface area (Å²) in [6, 6.07) is 2.87. The van der Waals surface area contributed by atoms with Crippen LogP contribution in [0.5, 0.6) is 0 Å². The van der Waals surface area contributed by atoms with Gasteiger partial charge in [0.2, 0.25) is 0 Å². The summed E-state index contributed by atoms with van der Waals surface area (Å²) in [6.07, 6.45) is 2.53. The van der Waals surface area contributed by atoms with E-state index in [9.17, 15) is 0 Å². The van der Waals surface area contributed by atoms with E-state index in [1.807, 2.05) is 11.3 Å². The van der Waals surface area contributed by atoms with Gasteiger partial charge < -0.3 is 5.32 Å². The Morgan fingerprint density at radius 1 is 1.46 bits per heavy atom. The predicted octanol–water partition coefficient (Wildman–Crippen LogP) is 3.12. The lowest BCUT2D eigenvalue weighted by molar-refractivity contribution is 0.365. The first-order valence-corrected chi connectivity index (χ1v) is 5.78. The van der Waals surface area contributed by atoms with E-state index in [4.69, 9.17) is 0 Å². The van der Waals surface area contributed by atoms with Gasteiger partial charge >= 0.3 is 0 Å². The highest BCUT2D eigenvalue weighted by Crippen LogP contribution is 2.36. The molecule has 1 aromatic heterocycles. The topological polar surface area (TPSA) is 12.0 Å². The van der Waals surface area contributed by atoms with E-state index in [1.165, 1.54) is 12.8 Å². The fourth-order valence-electron chi connectivity index (χ4n) is 1.95. The molecule has 0 aliphatic heterocycles. The van der Waals surface area contributed by atoms with Crippen molar-refractivity contribution in [2.24, 2.45) is 0 Å². The summed E-state index contributed by atoms with van der Waals surface area (Å²) in [5.74, 6) is 0. The number of rotatable bonds is 1. The summed E-state index contributed by atoms with van der Waals surface area (Å²) < 4.78 is 0. The summed E-state index contributed by atoms with van der Waals surface area (Å²) in [5.41, 5.74) is 1.79. The van der Waals surface area contributed by atoms with Crippen molar-refractivity contribution in [3.05, 3.63) is 21.9 Å². The van der Waals surface area contributed by atoms with Gasteiger partial charge in [0, 0.05) is 16.5 Å². The summed E-state index contributed by atoms with van der Waals surface area (Å²) in [5, 5.41) is 5.88. The standard InChI is InChI=1S/C11H17NS/c1-11(2,3)12-9-5-4-8-6-7-13-10(8)9/h6-7,9,12H,4-5H2,1-3H3. The first-order chi connectivity index (χ1) is 6.06. The molecule has 0 fully saturated rings. The monoisotopic (exact) mass is 195 g/mol. The van der Waals surface area contributed by atoms with Crippen LogP contribution < -0.4 is 5.32 Å². The van der Waals surface area contributed by atoms with Crippen molar-refractivity contribution in [2.75, 3.05) is 0 Å². The zero-order valence-corrected chi connectivity index (χ0v) is 9.37. The van der Waals surface area contributed by atoms with Gasteiger partial charge in [0.15, 0.2) is 0 Å². The predicted molar refractivity (Wildman–Crippen MR) is 58.3 cm³/mol. The Bertz CT molecular complexity index is 295. The van der Waals surface area contributed by atoms with E-state index >= 15 is 0 Å². The number of hydrogen-bond acceptors (Lipinski definition) is 2. The van der Waals surface area contributed by atoms with E-state index < -0.39 is 0 Å². The number of hydrogen-bond donors (Lipinski definition) is 1. The van der Waals surface area contributed by atoms with E-state index in [0.717, 1.165) is 0 Å². The third-order valence-corrected chi connectivity index (χ3v) is 3.48. The molecule has 0 amide bonds. The van der Waals surface area contributed by atoms with Crippen molar-refractivity contribution in [3.63, 3.8) is 0 Å². The molecule has 0 radical (unpaired) electrons. The van der Waals surface area contributed by atoms with Gasteiger partial charge in [-0.05, 0) is 50.6 Å². The number of thiophene rings is 1. The van der Waals surface area contributed by atoms with Crippen molar-refractivity contribution >= 4 is 11.3 Å². The molecule has 1 aliphatic rings. The molecular formula is C11H17NS. The van der Waals surface area contributed by atoms with Crippen LogP contribution in [0.25, 0.3) is 0 Å². The molecular weight excluding hydrogens is 178 g/mol. The molecule has 2 rings (SSSR count). The molecule has 13 heavy (non-hydrogen) atoms. The molecule has 72 valence electrons. The Hall–Kier alpha value is -0.340. The van der Waals surface area contributed by atoms with E-state index in [1.54, 1.807) is 10.4 Å². The molecule has 2 heteroatoms. The summed E-state index contributed by atoms with van der Waals surface area (Å²) in [4.78, 5) is 1.56. The summed E-state index contributed by atoms with van der Waals surface area (Å²) >= 11 is 1.90. The quantitative estimate of drug-likeness (QED) is 0.726. The lowest BCUT2D eigenvalue weighted by atomic mass is 10.1. The average molecular weight is 195 g/mol. The highest BCUT2D eigenvalue weighted by atomic mass is 32.1. The molecule has 0 saturated heterocycles. The highest BCUT2D eigenvalue weighted by molar-refractivity contribution is 7.10. The molecule has 1 heterocycles. The van der Waals surface area contributed by atoms with Crippen molar-refractivity contribution in [1.29, 1.82) is 0 Å². The first-order valence-electron chi connectivity index (χ1n) is 4.90. The minimum Gasteiger partial charge on any atom is -0.304 e. The maximum Gasteiger partial charge on any atom is 0.0424 e. The van der Waals surface area contributed by atoms with E-state index in [2.05, 4.69) is 37.5 Å². The fourth-order valence-corrected chi connectivity index (χ4v) is 2.99. The smallest absolute Gasteiger partial charge is 0.0424 e. The zero-order chi connectivity index (χ0) is 9.47. The van der Waals surface area contributed by atoms with Gasteiger partial charge in [-0.1, -0.05) is 0 Å². The van der Waals surface area contributed by atoms with Crippen LogP contribution in [0.15, 0.2) is 11.4 Å². The average Bonchev–Trinajstić information content (AvgIpc) is 2.50. The van der Waals surface area contributed by atoms with Crippen LogP contribution in [0.3, 0.4) is 0 Å². The Morgan fingerprint density at radius 2 is 2.23 bits per heavy atom. The van der Waals surface area contributed by atoms with Crippen LogP contribution >= 0.6 is 11.3 Å². The molecule has 1 aromatic rings. The van der Waals surface area contributed by atoms with Crippen LogP contribution in [0.2, 0.25) is 0 Å². The molecule has 1 nitrogen and oxygen atoms in total. The molecule has 0 bridgehead atoms. The van der Waals surface area contributed by atoms with Gasteiger partial charge in [0.1, 0.15) is 0 Å². The molecule has 1 aliphatic carbocycles. The number of nitrogens with one attached hydrogen (secondary N) is 1. The van der Waals surface area contributed by atoms with Gasteiger partial charge in [0.25, 0.3) is 0 Å². The summed E-state index contributed by atoms with van der Waals surface area (Å²) in [7, 11) is 0. The van der Waals surface area contributed by atoms with Crippen LogP contribution in [0.4, 0.5) is 0 Å². The third-order valence-electron chi connectivity index (χ3n) is 2.41. The van der Waals surface area contributed by atoms with Crippen molar-refractivity contribution in [3.8, 4) is 0 Å². The lowest BCUT2D eigenvalue weighted by Crippen LogP contribution is -2.37. The second-order valence-electron chi connectivity index (χ2n) is 4.80. The minimum absolute atomic E-state index is 0.232. The van der Waals surface area contributed by atoms with Crippen molar-refractivity contribution < 1.29 is 0 Å². The van der Waals surface area contributed by atoms with Crippen molar-refractivity contribution in [2.45, 2.75) is 45.2 Å². The zero-order valence-electron chi connectivity index (χ0n) is 8.55. The molecule has 1 unspecified atom stereocenters. The number of aryl methyl sites for hydroxylation is 1. The maximum absolute atomic E-state index is 3.67. The van der Waals surface area contributed by atoms with E-state index in [0.29, 0.717) is 6.04 Å². The van der Waals surface area contributed by atoms with Crippen LogP contribution in [0.1, 0.15) is 43.7 Å². The molecule has 1 atom stereocenters. The van der Waals surface area contributed by atoms with Gasteiger partial charge in [0.05, 0.1) is 0 Å². The Morgan fingerprint density at radius 3 is 2.92 bits per heavy atom. The molecule has 0 aromatic carbocycles. The van der Waals surface area contributed by atoms with Gasteiger partial charge in [-0.2, -0.15) is 0 Å². The highest BCUT2D eigenvalue weighted by Gasteiger charge is 2.26. The minimum atomic E-state index is 0.232. The Labute approximate surface area is 84.2 Å². The first kappa shape index (κ1) is 9.22. The third kappa shape index (κ3) is 1.94. The molecule has 0 saturated carbocycles. The van der Waals surface area contributed by atoms with Crippen LogP contribution in [-0.4, -0.2) is 5.54 Å². The van der Waals surface area contributed by atoms with Crippen LogP contribution in [0, 0.1) is 0 Å². The van der Waals surface area contributed by atoms with Gasteiger partial charge in [-0.25, -0.2) is 0 Å². The second-order valence-corrected chi connectivity index (χ2v) is 5.74. The largest absolute Gasteiger partial charge is 0.304 e. The SMILES string of the molecule is CC(C)(C)NC1CCc2ccsc21.